The smallest absolute Gasteiger partial charge is 0.257 e. The van der Waals surface area contributed by atoms with Gasteiger partial charge in [-0.2, -0.15) is 0 Å². The molecule has 0 radical (unpaired) electrons. The van der Waals surface area contributed by atoms with Crippen LogP contribution in [0.5, 0.6) is 5.75 Å². The van der Waals surface area contributed by atoms with Crippen LogP contribution in [-0.2, 0) is 14.3 Å². The zero-order chi connectivity index (χ0) is 18.7. The second-order valence-electron chi connectivity index (χ2n) is 6.09. The topological polar surface area (TPSA) is 48.0 Å². The standard InChI is InChI=1S/C21H23NO4/c1-14(21(25-3)26-4)18-19(15-8-6-5-7-9-15)22(20(18)23)16-10-12-17(24-2)13-11-16/h5-13,19,21H,1-4H3/b18-14-. The Labute approximate surface area is 153 Å². The van der Waals surface area contributed by atoms with Gasteiger partial charge in [0.2, 0.25) is 0 Å². The molecule has 1 saturated heterocycles. The molecule has 1 aliphatic heterocycles. The molecule has 5 nitrogen and oxygen atoms in total. The first-order valence-corrected chi connectivity index (χ1v) is 8.41. The fourth-order valence-electron chi connectivity index (χ4n) is 3.35. The molecule has 1 heterocycles. The summed E-state index contributed by atoms with van der Waals surface area (Å²) in [5.41, 5.74) is 3.37. The van der Waals surface area contributed by atoms with E-state index >= 15 is 0 Å². The van der Waals surface area contributed by atoms with E-state index in [0.717, 1.165) is 22.6 Å². The molecule has 1 atom stereocenters. The van der Waals surface area contributed by atoms with Crippen LogP contribution < -0.4 is 9.64 Å². The van der Waals surface area contributed by atoms with E-state index in [-0.39, 0.29) is 11.9 Å². The van der Waals surface area contributed by atoms with Gasteiger partial charge in [-0.3, -0.25) is 9.69 Å². The van der Waals surface area contributed by atoms with Gasteiger partial charge in [0, 0.05) is 25.5 Å². The van der Waals surface area contributed by atoms with Crippen molar-refractivity contribution >= 4 is 11.6 Å². The molecule has 26 heavy (non-hydrogen) atoms. The van der Waals surface area contributed by atoms with E-state index in [1.165, 1.54) is 0 Å². The molecular formula is C21H23NO4. The fraction of sp³-hybridized carbons (Fsp3) is 0.286. The molecule has 1 aliphatic rings. The Morgan fingerprint density at radius 1 is 0.962 bits per heavy atom. The van der Waals surface area contributed by atoms with Gasteiger partial charge in [0.25, 0.3) is 5.91 Å². The summed E-state index contributed by atoms with van der Waals surface area (Å²) in [7, 11) is 4.76. The minimum Gasteiger partial charge on any atom is -0.497 e. The van der Waals surface area contributed by atoms with Crippen molar-refractivity contribution in [3.63, 3.8) is 0 Å². The van der Waals surface area contributed by atoms with E-state index in [1.807, 2.05) is 61.5 Å². The fourth-order valence-corrected chi connectivity index (χ4v) is 3.35. The highest BCUT2D eigenvalue weighted by Crippen LogP contribution is 2.45. The van der Waals surface area contributed by atoms with Crippen LogP contribution in [-0.4, -0.2) is 33.5 Å². The van der Waals surface area contributed by atoms with Gasteiger partial charge in [-0.15, -0.1) is 0 Å². The zero-order valence-corrected chi connectivity index (χ0v) is 15.4. The lowest BCUT2D eigenvalue weighted by molar-refractivity contribution is -0.120. The third-order valence-corrected chi connectivity index (χ3v) is 4.65. The Bertz CT molecular complexity index is 795. The number of carbonyl (C=O) groups is 1. The maximum absolute atomic E-state index is 13.0. The van der Waals surface area contributed by atoms with Crippen LogP contribution in [0.2, 0.25) is 0 Å². The average Bonchev–Trinajstić information content (AvgIpc) is 2.68. The molecule has 5 heteroatoms. The number of hydrogen-bond donors (Lipinski definition) is 0. The van der Waals surface area contributed by atoms with Crippen LogP contribution in [0.25, 0.3) is 0 Å². The lowest BCUT2D eigenvalue weighted by Gasteiger charge is -2.44. The number of carbonyl (C=O) groups excluding carboxylic acids is 1. The van der Waals surface area contributed by atoms with E-state index in [1.54, 1.807) is 26.2 Å². The molecule has 0 aliphatic carbocycles. The van der Waals surface area contributed by atoms with Crippen molar-refractivity contribution in [2.24, 2.45) is 0 Å². The number of benzene rings is 2. The SMILES string of the molecule is COc1ccc(N2C(=O)/C(=C(/C)C(OC)OC)C2c2ccccc2)cc1. The Kier molecular flexibility index (Phi) is 5.40. The van der Waals surface area contributed by atoms with Crippen LogP contribution in [0, 0.1) is 0 Å². The first-order chi connectivity index (χ1) is 12.6. The van der Waals surface area contributed by atoms with Gasteiger partial charge in [-0.25, -0.2) is 0 Å². The van der Waals surface area contributed by atoms with Gasteiger partial charge < -0.3 is 14.2 Å². The maximum Gasteiger partial charge on any atom is 0.257 e. The van der Waals surface area contributed by atoms with Crippen molar-refractivity contribution in [2.75, 3.05) is 26.2 Å². The summed E-state index contributed by atoms with van der Waals surface area (Å²) in [6.45, 7) is 1.88. The Hall–Kier alpha value is -2.63. The molecule has 0 N–H and O–H groups in total. The summed E-state index contributed by atoms with van der Waals surface area (Å²) >= 11 is 0. The average molecular weight is 353 g/mol. The number of rotatable bonds is 6. The summed E-state index contributed by atoms with van der Waals surface area (Å²) in [5.74, 6) is 0.712. The van der Waals surface area contributed by atoms with Crippen molar-refractivity contribution in [1.82, 2.24) is 0 Å². The molecule has 1 amide bonds. The highest BCUT2D eigenvalue weighted by atomic mass is 16.7. The highest BCUT2D eigenvalue weighted by Gasteiger charge is 2.46. The predicted octanol–water partition coefficient (Wildman–Crippen LogP) is 3.72. The van der Waals surface area contributed by atoms with Crippen LogP contribution in [0.4, 0.5) is 5.69 Å². The van der Waals surface area contributed by atoms with Crippen molar-refractivity contribution in [3.8, 4) is 5.75 Å². The van der Waals surface area contributed by atoms with E-state index in [2.05, 4.69) is 0 Å². The molecule has 136 valence electrons. The summed E-state index contributed by atoms with van der Waals surface area (Å²) in [6, 6.07) is 17.3. The third-order valence-electron chi connectivity index (χ3n) is 4.65. The lowest BCUT2D eigenvalue weighted by atomic mass is 9.84. The van der Waals surface area contributed by atoms with E-state index in [4.69, 9.17) is 14.2 Å². The molecular weight excluding hydrogens is 330 g/mol. The Morgan fingerprint density at radius 3 is 2.12 bits per heavy atom. The number of methoxy groups -OCH3 is 3. The predicted molar refractivity (Wildman–Crippen MR) is 100 cm³/mol. The number of nitrogens with zero attached hydrogens (tertiary/aromatic N) is 1. The van der Waals surface area contributed by atoms with Crippen LogP contribution >= 0.6 is 0 Å². The van der Waals surface area contributed by atoms with Gasteiger partial charge in [0.1, 0.15) is 5.75 Å². The Balaban J connectivity index is 2.05. The molecule has 2 aromatic rings. The van der Waals surface area contributed by atoms with Gasteiger partial charge in [-0.05, 0) is 42.3 Å². The van der Waals surface area contributed by atoms with Gasteiger partial charge in [0.15, 0.2) is 6.29 Å². The van der Waals surface area contributed by atoms with Gasteiger partial charge in [0.05, 0.1) is 13.2 Å². The van der Waals surface area contributed by atoms with E-state index in [9.17, 15) is 4.79 Å². The molecule has 3 rings (SSSR count). The number of amides is 1. The largest absolute Gasteiger partial charge is 0.497 e. The lowest BCUT2D eigenvalue weighted by Crippen LogP contribution is -2.50. The normalized spacial score (nSPS) is 18.7. The summed E-state index contributed by atoms with van der Waals surface area (Å²) in [4.78, 5) is 14.8. The van der Waals surface area contributed by atoms with Crippen LogP contribution in [0.15, 0.2) is 65.7 Å². The molecule has 0 aromatic heterocycles. The number of β-lactam (4-membered cyclic amide) rings is 1. The summed E-state index contributed by atoms with van der Waals surface area (Å²) < 4.78 is 15.9. The maximum atomic E-state index is 13.0. The first kappa shape index (κ1) is 18.2. The highest BCUT2D eigenvalue weighted by molar-refractivity contribution is 6.16. The van der Waals surface area contributed by atoms with E-state index in [0.29, 0.717) is 5.57 Å². The zero-order valence-electron chi connectivity index (χ0n) is 15.4. The monoisotopic (exact) mass is 353 g/mol. The van der Waals surface area contributed by atoms with Crippen molar-refractivity contribution < 1.29 is 19.0 Å². The number of hydrogen-bond acceptors (Lipinski definition) is 4. The van der Waals surface area contributed by atoms with Crippen molar-refractivity contribution in [1.29, 1.82) is 0 Å². The molecule has 0 saturated carbocycles. The Morgan fingerprint density at radius 2 is 1.58 bits per heavy atom. The van der Waals surface area contributed by atoms with Gasteiger partial charge >= 0.3 is 0 Å². The van der Waals surface area contributed by atoms with Crippen molar-refractivity contribution in [2.45, 2.75) is 19.3 Å². The van der Waals surface area contributed by atoms with Crippen LogP contribution in [0.1, 0.15) is 18.5 Å². The minimum absolute atomic E-state index is 0.0411. The molecule has 0 bridgehead atoms. The summed E-state index contributed by atoms with van der Waals surface area (Å²) in [6.07, 6.45) is -0.543. The second-order valence-corrected chi connectivity index (χ2v) is 6.09. The van der Waals surface area contributed by atoms with Gasteiger partial charge in [-0.1, -0.05) is 30.3 Å². The minimum atomic E-state index is -0.543. The first-order valence-electron chi connectivity index (χ1n) is 8.41. The summed E-state index contributed by atoms with van der Waals surface area (Å²) in [5, 5.41) is 0. The number of ether oxygens (including phenoxy) is 3. The van der Waals surface area contributed by atoms with Crippen LogP contribution in [0.3, 0.4) is 0 Å². The number of anilines is 1. The molecule has 1 unspecified atom stereocenters. The van der Waals surface area contributed by atoms with E-state index < -0.39 is 6.29 Å². The van der Waals surface area contributed by atoms with Crippen molar-refractivity contribution in [3.05, 3.63) is 71.3 Å². The molecule has 2 aromatic carbocycles. The third kappa shape index (κ3) is 3.11. The quantitative estimate of drug-likeness (QED) is 0.451. The molecule has 1 fully saturated rings. The molecule has 0 spiro atoms. The second kappa shape index (κ2) is 7.72.